The van der Waals surface area contributed by atoms with Crippen molar-refractivity contribution < 1.29 is 4.79 Å². The van der Waals surface area contributed by atoms with Gasteiger partial charge in [0, 0.05) is 12.6 Å². The van der Waals surface area contributed by atoms with Crippen LogP contribution in [0.2, 0.25) is 10.0 Å². The Bertz CT molecular complexity index is 537. The number of hydrogen-bond acceptors (Lipinski definition) is 2. The van der Waals surface area contributed by atoms with E-state index in [2.05, 4.69) is 10.6 Å². The van der Waals surface area contributed by atoms with Crippen LogP contribution in [-0.4, -0.2) is 25.0 Å². The summed E-state index contributed by atoms with van der Waals surface area (Å²) in [6.07, 6.45) is 5.02. The first-order valence-corrected chi connectivity index (χ1v) is 8.35. The number of nitrogens with one attached hydrogen (secondary N) is 2. The van der Waals surface area contributed by atoms with Crippen molar-refractivity contribution in [3.63, 3.8) is 0 Å². The first kappa shape index (κ1) is 15.1. The number of halogens is 2. The van der Waals surface area contributed by atoms with E-state index in [1.165, 1.54) is 0 Å². The highest BCUT2D eigenvalue weighted by Gasteiger charge is 2.46. The molecule has 1 aromatic rings. The van der Waals surface area contributed by atoms with Crippen LogP contribution in [0, 0.1) is 0 Å². The van der Waals surface area contributed by atoms with Crippen molar-refractivity contribution in [1.82, 2.24) is 10.6 Å². The van der Waals surface area contributed by atoms with Crippen molar-refractivity contribution in [3.05, 3.63) is 33.8 Å². The lowest BCUT2D eigenvalue weighted by molar-refractivity contribution is -0.130. The maximum Gasteiger partial charge on any atom is 0.230 e. The number of hydrogen-bond donors (Lipinski definition) is 2. The summed E-state index contributed by atoms with van der Waals surface area (Å²) in [5.74, 6) is 0.140. The normalized spacial score (nSPS) is 24.2. The molecule has 21 heavy (non-hydrogen) atoms. The zero-order valence-corrected chi connectivity index (χ0v) is 13.4. The van der Waals surface area contributed by atoms with Gasteiger partial charge in [-0.2, -0.15) is 0 Å². The molecule has 1 saturated heterocycles. The number of carbonyl (C=O) groups excluding carboxylic acids is 1. The largest absolute Gasteiger partial charge is 0.351 e. The molecule has 0 spiro atoms. The van der Waals surface area contributed by atoms with Crippen LogP contribution in [0.25, 0.3) is 0 Å². The lowest BCUT2D eigenvalue weighted by Gasteiger charge is -2.42. The smallest absolute Gasteiger partial charge is 0.230 e. The van der Waals surface area contributed by atoms with Gasteiger partial charge in [0.05, 0.1) is 15.5 Å². The molecule has 2 fully saturated rings. The Morgan fingerprint density at radius 3 is 2.62 bits per heavy atom. The van der Waals surface area contributed by atoms with E-state index < -0.39 is 5.41 Å². The standard InChI is InChI=1S/C16H20Cl2N2O/c17-13-5-4-11(9-14(13)18)16(6-2-7-16)15(21)20-12-3-1-8-19-10-12/h4-5,9,12,19H,1-3,6-8,10H2,(H,20,21)/t12-/m0/s1. The summed E-state index contributed by atoms with van der Waals surface area (Å²) < 4.78 is 0. The first-order chi connectivity index (χ1) is 10.1. The van der Waals surface area contributed by atoms with Crippen molar-refractivity contribution in [3.8, 4) is 0 Å². The summed E-state index contributed by atoms with van der Waals surface area (Å²) in [6.45, 7) is 1.91. The molecule has 0 unspecified atom stereocenters. The van der Waals surface area contributed by atoms with Gasteiger partial charge in [-0.15, -0.1) is 0 Å². The van der Waals surface area contributed by atoms with Crippen LogP contribution < -0.4 is 10.6 Å². The van der Waals surface area contributed by atoms with Gasteiger partial charge in [-0.3, -0.25) is 4.79 Å². The second kappa shape index (κ2) is 6.15. The Morgan fingerprint density at radius 2 is 2.05 bits per heavy atom. The van der Waals surface area contributed by atoms with Gasteiger partial charge in [0.2, 0.25) is 5.91 Å². The molecule has 0 bridgehead atoms. The van der Waals surface area contributed by atoms with Crippen LogP contribution >= 0.6 is 23.2 Å². The molecule has 1 aliphatic carbocycles. The molecule has 1 amide bonds. The van der Waals surface area contributed by atoms with Crippen molar-refractivity contribution in [2.75, 3.05) is 13.1 Å². The average molecular weight is 327 g/mol. The lowest BCUT2D eigenvalue weighted by Crippen LogP contribution is -2.55. The van der Waals surface area contributed by atoms with Crippen LogP contribution in [0.4, 0.5) is 0 Å². The molecule has 3 rings (SSSR count). The van der Waals surface area contributed by atoms with Crippen molar-refractivity contribution >= 4 is 29.1 Å². The van der Waals surface area contributed by atoms with E-state index in [1.54, 1.807) is 6.07 Å². The number of benzene rings is 1. The highest BCUT2D eigenvalue weighted by atomic mass is 35.5. The fourth-order valence-electron chi connectivity index (χ4n) is 3.27. The highest BCUT2D eigenvalue weighted by molar-refractivity contribution is 6.42. The van der Waals surface area contributed by atoms with E-state index in [1.807, 2.05) is 12.1 Å². The number of piperidine rings is 1. The van der Waals surface area contributed by atoms with E-state index >= 15 is 0 Å². The number of carbonyl (C=O) groups is 1. The summed E-state index contributed by atoms with van der Waals surface area (Å²) in [4.78, 5) is 12.8. The molecule has 114 valence electrons. The van der Waals surface area contributed by atoms with Crippen LogP contribution in [0.5, 0.6) is 0 Å². The Labute approximate surface area is 135 Å². The highest BCUT2D eigenvalue weighted by Crippen LogP contribution is 2.45. The fourth-order valence-corrected chi connectivity index (χ4v) is 3.57. The van der Waals surface area contributed by atoms with E-state index in [4.69, 9.17) is 23.2 Å². The molecule has 2 aliphatic rings. The van der Waals surface area contributed by atoms with Crippen LogP contribution in [0.3, 0.4) is 0 Å². The van der Waals surface area contributed by atoms with Gasteiger partial charge in [-0.05, 0) is 49.9 Å². The fraction of sp³-hybridized carbons (Fsp3) is 0.562. The maximum atomic E-state index is 12.8. The summed E-state index contributed by atoms with van der Waals surface area (Å²) in [5, 5.41) is 7.60. The van der Waals surface area contributed by atoms with Gasteiger partial charge in [0.1, 0.15) is 0 Å². The van der Waals surface area contributed by atoms with Crippen molar-refractivity contribution in [2.24, 2.45) is 0 Å². The predicted octanol–water partition coefficient (Wildman–Crippen LogP) is 3.28. The third kappa shape index (κ3) is 2.92. The molecule has 1 atom stereocenters. The average Bonchev–Trinajstić information content (AvgIpc) is 2.42. The van der Waals surface area contributed by atoms with E-state index in [9.17, 15) is 4.79 Å². The molecular weight excluding hydrogens is 307 g/mol. The van der Waals surface area contributed by atoms with Crippen LogP contribution in [-0.2, 0) is 10.2 Å². The maximum absolute atomic E-state index is 12.8. The van der Waals surface area contributed by atoms with Crippen molar-refractivity contribution in [1.29, 1.82) is 0 Å². The first-order valence-electron chi connectivity index (χ1n) is 7.59. The topological polar surface area (TPSA) is 41.1 Å². The third-order valence-corrected chi connectivity index (χ3v) is 5.49. The SMILES string of the molecule is O=C(N[C@H]1CCCNC1)C1(c2ccc(Cl)c(Cl)c2)CCC1. The van der Waals surface area contributed by atoms with E-state index in [-0.39, 0.29) is 11.9 Å². The van der Waals surface area contributed by atoms with Gasteiger partial charge in [0.25, 0.3) is 0 Å². The molecule has 5 heteroatoms. The molecule has 3 nitrogen and oxygen atoms in total. The molecule has 0 radical (unpaired) electrons. The molecular formula is C16H20Cl2N2O. The molecule has 1 aliphatic heterocycles. The third-order valence-electron chi connectivity index (χ3n) is 4.75. The van der Waals surface area contributed by atoms with Crippen molar-refractivity contribution in [2.45, 2.75) is 43.6 Å². The van der Waals surface area contributed by atoms with Gasteiger partial charge in [0.15, 0.2) is 0 Å². The molecule has 1 heterocycles. The van der Waals surface area contributed by atoms with E-state index in [0.717, 1.165) is 50.8 Å². The Balaban J connectivity index is 1.78. The number of amides is 1. The second-order valence-corrected chi connectivity index (χ2v) is 6.90. The van der Waals surface area contributed by atoms with E-state index in [0.29, 0.717) is 10.0 Å². The van der Waals surface area contributed by atoms with Gasteiger partial charge in [-0.25, -0.2) is 0 Å². The van der Waals surface area contributed by atoms with Gasteiger partial charge >= 0.3 is 0 Å². The summed E-state index contributed by atoms with van der Waals surface area (Å²) in [6, 6.07) is 5.81. The molecule has 2 N–H and O–H groups in total. The monoisotopic (exact) mass is 326 g/mol. The summed E-state index contributed by atoms with van der Waals surface area (Å²) >= 11 is 12.1. The molecule has 1 aromatic carbocycles. The van der Waals surface area contributed by atoms with Gasteiger partial charge < -0.3 is 10.6 Å². The molecule has 1 saturated carbocycles. The predicted molar refractivity (Wildman–Crippen MR) is 86.0 cm³/mol. The minimum absolute atomic E-state index is 0.140. The molecule has 0 aromatic heterocycles. The van der Waals surface area contributed by atoms with Crippen LogP contribution in [0.1, 0.15) is 37.7 Å². The van der Waals surface area contributed by atoms with Crippen LogP contribution in [0.15, 0.2) is 18.2 Å². The zero-order valence-electron chi connectivity index (χ0n) is 11.9. The summed E-state index contributed by atoms with van der Waals surface area (Å²) in [5.41, 5.74) is 0.579. The Hall–Kier alpha value is -0.770. The lowest BCUT2D eigenvalue weighted by atomic mass is 9.63. The minimum atomic E-state index is -0.411. The Kier molecular flexibility index (Phi) is 4.43. The summed E-state index contributed by atoms with van der Waals surface area (Å²) in [7, 11) is 0. The minimum Gasteiger partial charge on any atom is -0.351 e. The zero-order chi connectivity index (χ0) is 14.9. The van der Waals surface area contributed by atoms with Gasteiger partial charge in [-0.1, -0.05) is 35.7 Å². The Morgan fingerprint density at radius 1 is 1.24 bits per heavy atom. The second-order valence-electron chi connectivity index (χ2n) is 6.08. The number of rotatable bonds is 3. The quantitative estimate of drug-likeness (QED) is 0.894.